The Kier molecular flexibility index (Phi) is 6.74. The topological polar surface area (TPSA) is 35.6 Å². The van der Waals surface area contributed by atoms with Crippen LogP contribution in [0.15, 0.2) is 204 Å². The number of rotatable bonds is 3. The fraction of sp³-hybridized carbons (Fsp3) is 0. The summed E-state index contributed by atoms with van der Waals surface area (Å²) in [6.07, 6.45) is 0. The van der Waals surface area contributed by atoms with Gasteiger partial charge >= 0.3 is 0 Å². The Bertz CT molecular complexity index is 4040. The summed E-state index contributed by atoms with van der Waals surface area (Å²) in [7, 11) is 0. The van der Waals surface area contributed by atoms with Gasteiger partial charge in [0.05, 0.1) is 33.3 Å². The standard InChI is InChI=1S/C56H32N4S/c1-3-12-39-33(10-1)20-21-35-22-26-38(32-43(35)39)59-49-28-25-37(31-45(49)53-40-13-4-2-11-34(40)23-29-50(53)59)36-24-27-48-44(30-36)41-14-5-7-17-47(41)60(48)56-57-46-16-9-19-52-54(46)55(58-56)42-15-6-8-18-51(42)61-52/h1-32H. The van der Waals surface area contributed by atoms with E-state index in [0.717, 1.165) is 38.9 Å². The van der Waals surface area contributed by atoms with Crippen LogP contribution in [0, 0.1) is 0 Å². The van der Waals surface area contributed by atoms with Gasteiger partial charge in [0, 0.05) is 48.0 Å². The number of hydrogen-bond donors (Lipinski definition) is 0. The van der Waals surface area contributed by atoms with Crippen molar-refractivity contribution in [2.45, 2.75) is 9.79 Å². The van der Waals surface area contributed by atoms with Crippen LogP contribution in [0.25, 0.3) is 121 Å². The minimum absolute atomic E-state index is 0.683. The summed E-state index contributed by atoms with van der Waals surface area (Å²) in [6, 6.07) is 70.9. The van der Waals surface area contributed by atoms with E-state index in [9.17, 15) is 0 Å². The van der Waals surface area contributed by atoms with Crippen molar-refractivity contribution in [3.63, 3.8) is 0 Å². The summed E-state index contributed by atoms with van der Waals surface area (Å²) in [6.45, 7) is 0. The van der Waals surface area contributed by atoms with Crippen molar-refractivity contribution >= 4 is 98.6 Å². The molecule has 5 heteroatoms. The summed E-state index contributed by atoms with van der Waals surface area (Å²) in [4.78, 5) is 13.1. The predicted molar refractivity (Wildman–Crippen MR) is 256 cm³/mol. The van der Waals surface area contributed by atoms with Gasteiger partial charge in [-0.25, -0.2) is 9.97 Å². The third-order valence-corrected chi connectivity index (χ3v) is 14.0. The molecule has 4 heterocycles. The molecule has 10 aromatic carbocycles. The van der Waals surface area contributed by atoms with Gasteiger partial charge in [0.2, 0.25) is 5.95 Å². The molecule has 4 nitrogen and oxygen atoms in total. The summed E-state index contributed by atoms with van der Waals surface area (Å²) >= 11 is 1.80. The molecular weight excluding hydrogens is 761 g/mol. The molecule has 3 aromatic heterocycles. The van der Waals surface area contributed by atoms with E-state index in [1.54, 1.807) is 11.8 Å². The van der Waals surface area contributed by atoms with E-state index in [0.29, 0.717) is 5.95 Å². The highest BCUT2D eigenvalue weighted by atomic mass is 32.2. The molecular formula is C56H32N4S. The van der Waals surface area contributed by atoms with Crippen LogP contribution in [0.5, 0.6) is 0 Å². The maximum Gasteiger partial charge on any atom is 0.235 e. The van der Waals surface area contributed by atoms with Gasteiger partial charge in [0.25, 0.3) is 0 Å². The lowest BCUT2D eigenvalue weighted by atomic mass is 9.99. The number of benzene rings is 10. The summed E-state index contributed by atoms with van der Waals surface area (Å²) in [5, 5.41) is 13.5. The number of aromatic nitrogens is 4. The first-order valence-corrected chi connectivity index (χ1v) is 21.5. The number of fused-ring (bicyclic) bond motifs is 13. The molecule has 1 aliphatic heterocycles. The lowest BCUT2D eigenvalue weighted by Crippen LogP contribution is -2.05. The monoisotopic (exact) mass is 792 g/mol. The normalized spacial score (nSPS) is 12.5. The molecule has 61 heavy (non-hydrogen) atoms. The van der Waals surface area contributed by atoms with Crippen molar-refractivity contribution in [1.29, 1.82) is 0 Å². The molecule has 0 amide bonds. The zero-order valence-electron chi connectivity index (χ0n) is 32.7. The molecule has 0 N–H and O–H groups in total. The van der Waals surface area contributed by atoms with E-state index in [4.69, 9.17) is 9.97 Å². The maximum atomic E-state index is 5.38. The highest BCUT2D eigenvalue weighted by Gasteiger charge is 2.24. The number of para-hydroxylation sites is 1. The van der Waals surface area contributed by atoms with Crippen molar-refractivity contribution in [3.05, 3.63) is 194 Å². The lowest BCUT2D eigenvalue weighted by Gasteiger charge is -2.20. The van der Waals surface area contributed by atoms with Crippen LogP contribution >= 0.6 is 11.8 Å². The van der Waals surface area contributed by atoms with E-state index in [-0.39, 0.29) is 0 Å². The van der Waals surface area contributed by atoms with Crippen molar-refractivity contribution in [2.24, 2.45) is 0 Å². The maximum absolute atomic E-state index is 5.38. The average Bonchev–Trinajstić information content (AvgIpc) is 3.84. The minimum Gasteiger partial charge on any atom is -0.309 e. The zero-order chi connectivity index (χ0) is 39.8. The summed E-state index contributed by atoms with van der Waals surface area (Å²) in [5.74, 6) is 0.683. The molecule has 0 bridgehead atoms. The zero-order valence-corrected chi connectivity index (χ0v) is 33.5. The Hall–Kier alpha value is -7.73. The van der Waals surface area contributed by atoms with Gasteiger partial charge in [0.15, 0.2) is 0 Å². The molecule has 0 saturated carbocycles. The molecule has 282 valence electrons. The van der Waals surface area contributed by atoms with Crippen molar-refractivity contribution in [2.75, 3.05) is 0 Å². The second kappa shape index (κ2) is 12.4. The molecule has 0 saturated heterocycles. The van der Waals surface area contributed by atoms with Gasteiger partial charge < -0.3 is 4.57 Å². The highest BCUT2D eigenvalue weighted by Crippen LogP contribution is 2.47. The molecule has 1 aliphatic rings. The van der Waals surface area contributed by atoms with E-state index in [1.807, 2.05) is 0 Å². The third kappa shape index (κ3) is 4.72. The SMILES string of the molecule is c1ccc2c(c1)Sc1cccc3nc(-n4c5ccccc5c5cc(-c6ccc7c(c6)c6c8ccccc8ccc6n7-c6ccc7ccc8ccccc8c7c6)ccc54)nc-2c13. The van der Waals surface area contributed by atoms with Crippen LogP contribution in [0.2, 0.25) is 0 Å². The van der Waals surface area contributed by atoms with Crippen LogP contribution in [0.1, 0.15) is 0 Å². The second-order valence-electron chi connectivity index (χ2n) is 16.1. The first-order valence-electron chi connectivity index (χ1n) is 20.7. The molecule has 0 fully saturated rings. The third-order valence-electron chi connectivity index (χ3n) is 12.9. The van der Waals surface area contributed by atoms with Crippen LogP contribution in [-0.4, -0.2) is 19.1 Å². The lowest BCUT2D eigenvalue weighted by molar-refractivity contribution is 1.01. The van der Waals surface area contributed by atoms with Crippen molar-refractivity contribution < 1.29 is 0 Å². The van der Waals surface area contributed by atoms with E-state index in [1.165, 1.54) is 85.8 Å². The first-order chi connectivity index (χ1) is 30.2. The predicted octanol–water partition coefficient (Wildman–Crippen LogP) is 15.1. The summed E-state index contributed by atoms with van der Waals surface area (Å²) < 4.78 is 4.70. The highest BCUT2D eigenvalue weighted by molar-refractivity contribution is 7.99. The fourth-order valence-electron chi connectivity index (χ4n) is 10.1. The average molecular weight is 793 g/mol. The van der Waals surface area contributed by atoms with Crippen LogP contribution < -0.4 is 0 Å². The van der Waals surface area contributed by atoms with Crippen molar-refractivity contribution in [3.8, 4) is 34.0 Å². The molecule has 13 aromatic rings. The van der Waals surface area contributed by atoms with Gasteiger partial charge in [-0.2, -0.15) is 0 Å². The number of nitrogens with zero attached hydrogens (tertiary/aromatic N) is 4. The van der Waals surface area contributed by atoms with Crippen molar-refractivity contribution in [1.82, 2.24) is 19.1 Å². The van der Waals surface area contributed by atoms with Crippen LogP contribution in [0.3, 0.4) is 0 Å². The summed E-state index contributed by atoms with van der Waals surface area (Å²) in [5.41, 5.74) is 11.2. The largest absolute Gasteiger partial charge is 0.309 e. The first kappa shape index (κ1) is 33.1. The van der Waals surface area contributed by atoms with E-state index >= 15 is 0 Å². The van der Waals surface area contributed by atoms with Gasteiger partial charge in [-0.1, -0.05) is 139 Å². The Balaban J connectivity index is 0.982. The Morgan fingerprint density at radius 1 is 0.361 bits per heavy atom. The van der Waals surface area contributed by atoms with Crippen LogP contribution in [0.4, 0.5) is 0 Å². The van der Waals surface area contributed by atoms with Gasteiger partial charge in [-0.05, 0) is 110 Å². The van der Waals surface area contributed by atoms with Crippen LogP contribution in [-0.2, 0) is 0 Å². The molecule has 0 aliphatic carbocycles. The Morgan fingerprint density at radius 2 is 0.984 bits per heavy atom. The molecule has 0 unspecified atom stereocenters. The molecule has 14 rings (SSSR count). The Labute approximate surface area is 354 Å². The van der Waals surface area contributed by atoms with E-state index in [2.05, 4.69) is 203 Å². The molecule has 0 radical (unpaired) electrons. The molecule has 0 spiro atoms. The fourth-order valence-corrected chi connectivity index (χ4v) is 11.2. The van der Waals surface area contributed by atoms with Gasteiger partial charge in [0.1, 0.15) is 0 Å². The molecule has 0 atom stereocenters. The van der Waals surface area contributed by atoms with Gasteiger partial charge in [-0.3, -0.25) is 4.57 Å². The number of hydrogen-bond acceptors (Lipinski definition) is 3. The Morgan fingerprint density at radius 3 is 1.85 bits per heavy atom. The minimum atomic E-state index is 0.683. The second-order valence-corrected chi connectivity index (χ2v) is 17.2. The van der Waals surface area contributed by atoms with Gasteiger partial charge in [-0.15, -0.1) is 0 Å². The quantitative estimate of drug-likeness (QED) is 0.167. The smallest absolute Gasteiger partial charge is 0.235 e. The van der Waals surface area contributed by atoms with E-state index < -0.39 is 0 Å².